The van der Waals surface area contributed by atoms with E-state index in [0.29, 0.717) is 6.61 Å². The van der Waals surface area contributed by atoms with Gasteiger partial charge >= 0.3 is 0 Å². The molecule has 0 atom stereocenters. The van der Waals surface area contributed by atoms with Gasteiger partial charge in [0.15, 0.2) is 0 Å². The van der Waals surface area contributed by atoms with Crippen molar-refractivity contribution in [3.05, 3.63) is 48.1 Å². The van der Waals surface area contributed by atoms with E-state index in [1.165, 1.54) is 16.7 Å². The van der Waals surface area contributed by atoms with Crippen molar-refractivity contribution in [3.8, 4) is 0 Å². The minimum atomic E-state index is 0.702. The lowest BCUT2D eigenvalue weighted by atomic mass is 9.98. The minimum absolute atomic E-state index is 0.702. The third-order valence-corrected chi connectivity index (χ3v) is 2.09. The normalized spacial score (nSPS) is 14.6. The molecule has 0 fully saturated rings. The fourth-order valence-corrected chi connectivity index (χ4v) is 1.44. The first-order valence-corrected chi connectivity index (χ1v) is 4.11. The molecule has 1 radical (unpaired) electrons. The van der Waals surface area contributed by atoms with E-state index in [-0.39, 0.29) is 0 Å². The van der Waals surface area contributed by atoms with E-state index in [9.17, 15) is 0 Å². The van der Waals surface area contributed by atoms with Gasteiger partial charge in [0, 0.05) is 0 Å². The molecule has 0 amide bonds. The van der Waals surface area contributed by atoms with Crippen molar-refractivity contribution < 1.29 is 4.74 Å². The van der Waals surface area contributed by atoms with Crippen LogP contribution in [0.1, 0.15) is 18.1 Å². The summed E-state index contributed by atoms with van der Waals surface area (Å²) < 4.78 is 5.31. The average Bonchev–Trinajstić information content (AvgIpc) is 2.17. The third-order valence-electron chi connectivity index (χ3n) is 2.09. The van der Waals surface area contributed by atoms with Crippen LogP contribution in [0.25, 0.3) is 5.57 Å². The number of ether oxygens (including phenoxy) is 1. The Hall–Kier alpha value is -1.24. The van der Waals surface area contributed by atoms with Crippen LogP contribution in [-0.2, 0) is 11.3 Å². The Morgan fingerprint density at radius 2 is 2.17 bits per heavy atom. The number of hydrogen-bond donors (Lipinski definition) is 0. The number of benzene rings is 1. The van der Waals surface area contributed by atoms with Crippen LogP contribution in [0, 0.1) is 6.42 Å². The molecule has 0 aromatic heterocycles. The van der Waals surface area contributed by atoms with Gasteiger partial charge in [0.05, 0.1) is 6.26 Å². The van der Waals surface area contributed by atoms with Gasteiger partial charge in [-0.3, -0.25) is 0 Å². The molecule has 0 spiro atoms. The van der Waals surface area contributed by atoms with Gasteiger partial charge in [0.2, 0.25) is 0 Å². The van der Waals surface area contributed by atoms with Crippen molar-refractivity contribution in [2.45, 2.75) is 13.5 Å². The first kappa shape index (κ1) is 7.41. The highest BCUT2D eigenvalue weighted by atomic mass is 16.5. The fourth-order valence-electron chi connectivity index (χ4n) is 1.44. The summed E-state index contributed by atoms with van der Waals surface area (Å²) in [4.78, 5) is 0. The van der Waals surface area contributed by atoms with Crippen molar-refractivity contribution in [3.63, 3.8) is 0 Å². The van der Waals surface area contributed by atoms with Gasteiger partial charge < -0.3 is 4.74 Å². The highest BCUT2D eigenvalue weighted by Crippen LogP contribution is 2.25. The second kappa shape index (κ2) is 3.02. The molecule has 1 heterocycles. The van der Waals surface area contributed by atoms with Crippen molar-refractivity contribution in [1.82, 2.24) is 0 Å². The first-order chi connectivity index (χ1) is 5.92. The zero-order valence-corrected chi connectivity index (χ0v) is 7.08. The van der Waals surface area contributed by atoms with Gasteiger partial charge in [-0.15, -0.1) is 0 Å². The van der Waals surface area contributed by atoms with Crippen molar-refractivity contribution in [2.75, 3.05) is 0 Å². The highest BCUT2D eigenvalue weighted by Gasteiger charge is 2.10. The molecule has 1 nitrogen and oxygen atoms in total. The standard InChI is InChI=1S/C11H11O/c1-2-9-7-12-8-10-5-3-4-6-11(9)10/h2-7H,8H2,1H3. The molecule has 0 saturated heterocycles. The Labute approximate surface area is 72.7 Å². The van der Waals surface area contributed by atoms with Gasteiger partial charge in [-0.2, -0.15) is 0 Å². The molecule has 0 aliphatic carbocycles. The molecule has 0 bridgehead atoms. The maximum absolute atomic E-state index is 5.31. The Bertz CT molecular complexity index is 313. The van der Waals surface area contributed by atoms with Crippen LogP contribution in [0.15, 0.2) is 30.5 Å². The molecular formula is C11H11O. The number of rotatable bonds is 1. The Balaban J connectivity index is 2.48. The maximum atomic E-state index is 5.31. The number of allylic oxidation sites excluding steroid dienone is 1. The Kier molecular flexibility index (Phi) is 1.86. The Morgan fingerprint density at radius 1 is 1.33 bits per heavy atom. The van der Waals surface area contributed by atoms with E-state index in [4.69, 9.17) is 4.74 Å². The molecule has 61 valence electrons. The van der Waals surface area contributed by atoms with Gasteiger partial charge in [-0.25, -0.2) is 0 Å². The minimum Gasteiger partial charge on any atom is -0.496 e. The van der Waals surface area contributed by atoms with E-state index in [1.807, 2.05) is 19.3 Å². The molecule has 1 aliphatic rings. The zero-order valence-electron chi connectivity index (χ0n) is 7.08. The summed E-state index contributed by atoms with van der Waals surface area (Å²) in [6.07, 6.45) is 3.89. The lowest BCUT2D eigenvalue weighted by Gasteiger charge is -2.16. The molecule has 1 aliphatic heterocycles. The summed E-state index contributed by atoms with van der Waals surface area (Å²) in [7, 11) is 0. The molecular weight excluding hydrogens is 148 g/mol. The predicted octanol–water partition coefficient (Wildman–Crippen LogP) is 2.78. The molecule has 0 saturated carbocycles. The topological polar surface area (TPSA) is 9.23 Å². The van der Waals surface area contributed by atoms with E-state index < -0.39 is 0 Å². The van der Waals surface area contributed by atoms with Gasteiger partial charge in [0.1, 0.15) is 6.61 Å². The third kappa shape index (κ3) is 1.11. The first-order valence-electron chi connectivity index (χ1n) is 4.11. The summed E-state index contributed by atoms with van der Waals surface area (Å²) in [5, 5.41) is 0. The van der Waals surface area contributed by atoms with Crippen LogP contribution in [-0.4, -0.2) is 0 Å². The molecule has 12 heavy (non-hydrogen) atoms. The van der Waals surface area contributed by atoms with E-state index >= 15 is 0 Å². The molecule has 0 N–H and O–H groups in total. The van der Waals surface area contributed by atoms with Gasteiger partial charge in [-0.05, 0) is 23.1 Å². The van der Waals surface area contributed by atoms with Gasteiger partial charge in [-0.1, -0.05) is 31.2 Å². The summed E-state index contributed by atoms with van der Waals surface area (Å²) in [6.45, 7) is 2.73. The number of fused-ring (bicyclic) bond motifs is 1. The molecule has 0 unspecified atom stereocenters. The summed E-state index contributed by atoms with van der Waals surface area (Å²) >= 11 is 0. The van der Waals surface area contributed by atoms with Crippen molar-refractivity contribution in [2.24, 2.45) is 0 Å². The monoisotopic (exact) mass is 159 g/mol. The van der Waals surface area contributed by atoms with Crippen LogP contribution >= 0.6 is 0 Å². The van der Waals surface area contributed by atoms with Crippen LogP contribution in [0.5, 0.6) is 0 Å². The lowest BCUT2D eigenvalue weighted by Crippen LogP contribution is -2.00. The van der Waals surface area contributed by atoms with Crippen molar-refractivity contribution in [1.29, 1.82) is 0 Å². The SMILES string of the molecule is C[CH]C1=COCc2ccccc21. The van der Waals surface area contributed by atoms with Crippen LogP contribution in [0.3, 0.4) is 0 Å². The zero-order chi connectivity index (χ0) is 8.39. The molecule has 1 heteroatoms. The lowest BCUT2D eigenvalue weighted by molar-refractivity contribution is 0.233. The number of hydrogen-bond acceptors (Lipinski definition) is 1. The maximum Gasteiger partial charge on any atom is 0.113 e. The quantitative estimate of drug-likeness (QED) is 0.612. The molecule has 2 rings (SSSR count). The largest absolute Gasteiger partial charge is 0.496 e. The predicted molar refractivity (Wildman–Crippen MR) is 49.2 cm³/mol. The van der Waals surface area contributed by atoms with Crippen LogP contribution in [0.4, 0.5) is 0 Å². The average molecular weight is 159 g/mol. The Morgan fingerprint density at radius 3 is 3.00 bits per heavy atom. The smallest absolute Gasteiger partial charge is 0.113 e. The van der Waals surface area contributed by atoms with E-state index in [0.717, 1.165) is 0 Å². The van der Waals surface area contributed by atoms with E-state index in [1.54, 1.807) is 0 Å². The summed E-state index contributed by atoms with van der Waals surface area (Å²) in [6, 6.07) is 8.33. The summed E-state index contributed by atoms with van der Waals surface area (Å²) in [5.74, 6) is 0. The van der Waals surface area contributed by atoms with E-state index in [2.05, 4.69) is 24.6 Å². The molecule has 1 aromatic rings. The highest BCUT2D eigenvalue weighted by molar-refractivity contribution is 5.73. The van der Waals surface area contributed by atoms with Gasteiger partial charge in [0.25, 0.3) is 0 Å². The van der Waals surface area contributed by atoms with Crippen molar-refractivity contribution >= 4 is 5.57 Å². The summed E-state index contributed by atoms with van der Waals surface area (Å²) in [5.41, 5.74) is 3.75. The molecule has 1 aromatic carbocycles. The van der Waals surface area contributed by atoms with Crippen LogP contribution in [0.2, 0.25) is 0 Å². The second-order valence-corrected chi connectivity index (χ2v) is 2.83. The second-order valence-electron chi connectivity index (χ2n) is 2.83. The van der Waals surface area contributed by atoms with Crippen LogP contribution < -0.4 is 0 Å². The fraction of sp³-hybridized carbons (Fsp3) is 0.182.